The highest BCUT2D eigenvalue weighted by molar-refractivity contribution is 9.10. The van der Waals surface area contributed by atoms with Crippen molar-refractivity contribution < 1.29 is 9.84 Å². The number of halogens is 1. The maximum atomic E-state index is 10.6. The molecule has 0 radical (unpaired) electrons. The van der Waals surface area contributed by atoms with E-state index in [0.29, 0.717) is 0 Å². The molecule has 0 aliphatic rings. The second kappa shape index (κ2) is 5.76. The molecule has 0 fully saturated rings. The molecule has 0 heterocycles. The van der Waals surface area contributed by atoms with Gasteiger partial charge < -0.3 is 9.84 Å². The smallest absolute Gasteiger partial charge is 0.128 e. The highest BCUT2D eigenvalue weighted by Crippen LogP contribution is 2.38. The summed E-state index contributed by atoms with van der Waals surface area (Å²) in [4.78, 5) is 0. The maximum Gasteiger partial charge on any atom is 0.128 e. The highest BCUT2D eigenvalue weighted by atomic mass is 79.9. The summed E-state index contributed by atoms with van der Waals surface area (Å²) in [6.07, 6.45) is -0.688. The lowest BCUT2D eigenvalue weighted by molar-refractivity contribution is 0.213. The van der Waals surface area contributed by atoms with E-state index in [0.717, 1.165) is 32.5 Å². The van der Waals surface area contributed by atoms with E-state index in [-0.39, 0.29) is 0 Å². The Bertz CT molecular complexity index is 579. The van der Waals surface area contributed by atoms with Gasteiger partial charge in [-0.3, -0.25) is 0 Å². The van der Waals surface area contributed by atoms with E-state index in [2.05, 4.69) is 15.9 Å². The van der Waals surface area contributed by atoms with Crippen LogP contribution in [0.25, 0.3) is 0 Å². The molecule has 2 rings (SSSR count). The summed E-state index contributed by atoms with van der Waals surface area (Å²) in [5.41, 5.74) is 3.69. The number of ether oxygens (including phenoxy) is 1. The Morgan fingerprint density at radius 2 is 1.79 bits per heavy atom. The number of aryl methyl sites for hydroxylation is 1. The first kappa shape index (κ1) is 14.1. The van der Waals surface area contributed by atoms with Crippen LogP contribution in [0.2, 0.25) is 0 Å². The van der Waals surface area contributed by atoms with Crippen molar-refractivity contribution in [2.75, 3.05) is 7.11 Å². The first-order chi connectivity index (χ1) is 9.06. The molecule has 0 spiro atoms. The fourth-order valence-corrected chi connectivity index (χ4v) is 2.83. The summed E-state index contributed by atoms with van der Waals surface area (Å²) in [5.74, 6) is 0.747. The molecule has 0 aliphatic heterocycles. The minimum Gasteiger partial charge on any atom is -0.496 e. The summed E-state index contributed by atoms with van der Waals surface area (Å²) >= 11 is 3.53. The van der Waals surface area contributed by atoms with Crippen LogP contribution in [0, 0.1) is 13.8 Å². The molecule has 2 nitrogen and oxygen atoms in total. The quantitative estimate of drug-likeness (QED) is 0.920. The zero-order valence-electron chi connectivity index (χ0n) is 11.3. The van der Waals surface area contributed by atoms with Crippen molar-refractivity contribution in [2.24, 2.45) is 0 Å². The molecule has 0 amide bonds. The molecule has 0 saturated carbocycles. The standard InChI is InChI=1S/C16H17BrO2/c1-10-9-13(17)11(2)14(16(10)19-3)15(18)12-7-5-4-6-8-12/h4-9,15,18H,1-3H3. The lowest BCUT2D eigenvalue weighted by atomic mass is 9.94. The minimum absolute atomic E-state index is 0.688. The number of aliphatic hydroxyl groups is 1. The largest absolute Gasteiger partial charge is 0.496 e. The number of methoxy groups -OCH3 is 1. The Morgan fingerprint density at radius 3 is 2.37 bits per heavy atom. The molecule has 0 saturated heterocycles. The van der Waals surface area contributed by atoms with Gasteiger partial charge in [-0.15, -0.1) is 0 Å². The predicted octanol–water partition coefficient (Wildman–Crippen LogP) is 4.16. The van der Waals surface area contributed by atoms with Crippen molar-refractivity contribution in [3.8, 4) is 5.75 Å². The first-order valence-corrected chi connectivity index (χ1v) is 6.92. The third-order valence-electron chi connectivity index (χ3n) is 3.30. The van der Waals surface area contributed by atoms with Crippen LogP contribution in [-0.2, 0) is 0 Å². The molecule has 19 heavy (non-hydrogen) atoms. The lowest BCUT2D eigenvalue weighted by Crippen LogP contribution is -2.06. The molecule has 1 atom stereocenters. The Balaban J connectivity index is 2.61. The number of hydrogen-bond acceptors (Lipinski definition) is 2. The summed E-state index contributed by atoms with van der Waals surface area (Å²) in [7, 11) is 1.64. The fraction of sp³-hybridized carbons (Fsp3) is 0.250. The van der Waals surface area contributed by atoms with Crippen molar-refractivity contribution in [1.82, 2.24) is 0 Å². The van der Waals surface area contributed by atoms with E-state index in [1.165, 1.54) is 0 Å². The first-order valence-electron chi connectivity index (χ1n) is 6.12. The van der Waals surface area contributed by atoms with Crippen molar-refractivity contribution in [3.05, 3.63) is 63.1 Å². The predicted molar refractivity (Wildman–Crippen MR) is 80.7 cm³/mol. The van der Waals surface area contributed by atoms with Crippen molar-refractivity contribution in [3.63, 3.8) is 0 Å². The van der Waals surface area contributed by atoms with Crippen molar-refractivity contribution >= 4 is 15.9 Å². The van der Waals surface area contributed by atoms with Gasteiger partial charge in [0.2, 0.25) is 0 Å². The van der Waals surface area contributed by atoms with Crippen LogP contribution in [0.4, 0.5) is 0 Å². The van der Waals surface area contributed by atoms with E-state index in [1.54, 1.807) is 7.11 Å². The van der Waals surface area contributed by atoms with Gasteiger partial charge in [0, 0.05) is 10.0 Å². The Labute approximate surface area is 122 Å². The van der Waals surface area contributed by atoms with Crippen LogP contribution in [-0.4, -0.2) is 12.2 Å². The van der Waals surface area contributed by atoms with Crippen LogP contribution in [0.5, 0.6) is 5.75 Å². The summed E-state index contributed by atoms with van der Waals surface area (Å²) < 4.78 is 6.46. The van der Waals surface area contributed by atoms with Gasteiger partial charge >= 0.3 is 0 Å². The summed E-state index contributed by atoms with van der Waals surface area (Å²) in [6.45, 7) is 3.96. The molecule has 0 bridgehead atoms. The molecule has 0 aliphatic carbocycles. The highest BCUT2D eigenvalue weighted by Gasteiger charge is 2.21. The second-order valence-electron chi connectivity index (χ2n) is 4.56. The third kappa shape index (κ3) is 2.67. The number of rotatable bonds is 3. The lowest BCUT2D eigenvalue weighted by Gasteiger charge is -2.20. The maximum absolute atomic E-state index is 10.6. The van der Waals surface area contributed by atoms with Crippen LogP contribution in [0.3, 0.4) is 0 Å². The van der Waals surface area contributed by atoms with Crippen molar-refractivity contribution in [2.45, 2.75) is 20.0 Å². The van der Waals surface area contributed by atoms with Gasteiger partial charge in [-0.25, -0.2) is 0 Å². The fourth-order valence-electron chi connectivity index (χ4n) is 2.28. The Hall–Kier alpha value is -1.32. The number of hydrogen-bond donors (Lipinski definition) is 1. The molecule has 2 aromatic carbocycles. The normalized spacial score (nSPS) is 12.3. The van der Waals surface area contributed by atoms with Crippen molar-refractivity contribution in [1.29, 1.82) is 0 Å². The van der Waals surface area contributed by atoms with E-state index in [1.807, 2.05) is 50.2 Å². The number of benzene rings is 2. The Kier molecular flexibility index (Phi) is 4.27. The average Bonchev–Trinajstić information content (AvgIpc) is 2.42. The molecule has 2 aromatic rings. The molecule has 1 N–H and O–H groups in total. The summed E-state index contributed by atoms with van der Waals surface area (Å²) in [5, 5.41) is 10.6. The van der Waals surface area contributed by atoms with E-state index < -0.39 is 6.10 Å². The summed E-state index contributed by atoms with van der Waals surface area (Å²) in [6, 6.07) is 11.6. The van der Waals surface area contributed by atoms with E-state index in [4.69, 9.17) is 4.74 Å². The molecule has 1 unspecified atom stereocenters. The molecular weight excluding hydrogens is 304 g/mol. The van der Waals surface area contributed by atoms with Gasteiger partial charge in [0.25, 0.3) is 0 Å². The van der Waals surface area contributed by atoms with Gasteiger partial charge in [0.05, 0.1) is 7.11 Å². The van der Waals surface area contributed by atoms with Gasteiger partial charge in [-0.2, -0.15) is 0 Å². The van der Waals surface area contributed by atoms with Crippen LogP contribution < -0.4 is 4.74 Å². The minimum atomic E-state index is -0.688. The van der Waals surface area contributed by atoms with Crippen LogP contribution in [0.15, 0.2) is 40.9 Å². The molecule has 3 heteroatoms. The zero-order chi connectivity index (χ0) is 14.0. The average molecular weight is 321 g/mol. The van der Waals surface area contributed by atoms with Gasteiger partial charge in [0.15, 0.2) is 0 Å². The molecule has 0 aromatic heterocycles. The topological polar surface area (TPSA) is 29.5 Å². The van der Waals surface area contributed by atoms with Gasteiger partial charge in [-0.05, 0) is 36.6 Å². The SMILES string of the molecule is COc1c(C)cc(Br)c(C)c1C(O)c1ccccc1. The van der Waals surface area contributed by atoms with Crippen LogP contribution in [0.1, 0.15) is 28.4 Å². The van der Waals surface area contributed by atoms with Crippen LogP contribution >= 0.6 is 15.9 Å². The Morgan fingerprint density at radius 1 is 1.16 bits per heavy atom. The second-order valence-corrected chi connectivity index (χ2v) is 5.41. The monoisotopic (exact) mass is 320 g/mol. The molecule has 100 valence electrons. The number of aliphatic hydroxyl groups excluding tert-OH is 1. The third-order valence-corrected chi connectivity index (χ3v) is 4.12. The van der Waals surface area contributed by atoms with E-state index in [9.17, 15) is 5.11 Å². The molecular formula is C16H17BrO2. The van der Waals surface area contributed by atoms with Gasteiger partial charge in [0.1, 0.15) is 11.9 Å². The van der Waals surface area contributed by atoms with E-state index >= 15 is 0 Å². The van der Waals surface area contributed by atoms with Gasteiger partial charge in [-0.1, -0.05) is 46.3 Å². The zero-order valence-corrected chi connectivity index (χ0v) is 12.9.